The molecule has 0 saturated carbocycles. The van der Waals surface area contributed by atoms with Gasteiger partial charge in [0.15, 0.2) is 0 Å². The first kappa shape index (κ1) is 24.8. The molecule has 0 aromatic heterocycles. The number of nitrogens with two attached hydrogens (primary N) is 1. The van der Waals surface area contributed by atoms with Crippen molar-refractivity contribution in [3.05, 3.63) is 0 Å². The van der Waals surface area contributed by atoms with Gasteiger partial charge >= 0.3 is 0 Å². The van der Waals surface area contributed by atoms with E-state index in [1.807, 2.05) is 0 Å². The maximum Gasteiger partial charge on any atom is 0.125 e. The van der Waals surface area contributed by atoms with Gasteiger partial charge in [-0.05, 0) is 6.42 Å². The van der Waals surface area contributed by atoms with Crippen LogP contribution in [0.3, 0.4) is 0 Å². The summed E-state index contributed by atoms with van der Waals surface area (Å²) >= 11 is 0. The third-order valence-electron chi connectivity index (χ3n) is 4.84. The van der Waals surface area contributed by atoms with E-state index in [4.69, 9.17) is 15.7 Å². The molecule has 0 aromatic rings. The van der Waals surface area contributed by atoms with Crippen molar-refractivity contribution in [2.24, 2.45) is 5.90 Å². The first-order valence-electron chi connectivity index (χ1n) is 10.9. The van der Waals surface area contributed by atoms with Crippen LogP contribution in [0.4, 0.5) is 0 Å². The number of aliphatic hydroxyl groups excluding tert-OH is 1. The van der Waals surface area contributed by atoms with E-state index in [0.29, 0.717) is 6.61 Å². The number of hydrogen-bond donors (Lipinski definition) is 2. The highest BCUT2D eigenvalue weighted by atomic mass is 16.6. The van der Waals surface area contributed by atoms with Crippen LogP contribution in [-0.2, 0) is 9.57 Å². The molecule has 0 radical (unpaired) electrons. The zero-order valence-electron chi connectivity index (χ0n) is 16.9. The minimum absolute atomic E-state index is 0.0878. The van der Waals surface area contributed by atoms with Gasteiger partial charge in [0, 0.05) is 6.61 Å². The maximum atomic E-state index is 8.88. The van der Waals surface area contributed by atoms with Crippen LogP contribution in [0.15, 0.2) is 0 Å². The van der Waals surface area contributed by atoms with E-state index in [1.165, 1.54) is 96.3 Å². The molecule has 0 aliphatic heterocycles. The van der Waals surface area contributed by atoms with Crippen molar-refractivity contribution in [2.45, 2.75) is 116 Å². The summed E-state index contributed by atoms with van der Waals surface area (Å²) in [4.78, 5) is 4.56. The van der Waals surface area contributed by atoms with Crippen molar-refractivity contribution in [2.75, 3.05) is 19.8 Å². The Hall–Kier alpha value is -0.160. The molecular weight excluding hydrogens is 314 g/mol. The molecule has 0 saturated heterocycles. The van der Waals surface area contributed by atoms with Gasteiger partial charge in [-0.25, -0.2) is 5.90 Å². The van der Waals surface area contributed by atoms with Crippen molar-refractivity contribution in [3.63, 3.8) is 0 Å². The van der Waals surface area contributed by atoms with E-state index < -0.39 is 0 Å². The Morgan fingerprint density at radius 2 is 1.08 bits per heavy atom. The summed E-state index contributed by atoms with van der Waals surface area (Å²) in [6, 6.07) is 0. The first-order chi connectivity index (χ1) is 12.3. The summed E-state index contributed by atoms with van der Waals surface area (Å²) in [6.45, 7) is 3.31. The van der Waals surface area contributed by atoms with Gasteiger partial charge in [0.2, 0.25) is 0 Å². The van der Waals surface area contributed by atoms with Crippen LogP contribution in [0.2, 0.25) is 0 Å². The highest BCUT2D eigenvalue weighted by molar-refractivity contribution is 4.52. The third kappa shape index (κ3) is 20.0. The maximum absolute atomic E-state index is 8.88. The minimum atomic E-state index is -0.388. The summed E-state index contributed by atoms with van der Waals surface area (Å²) < 4.78 is 5.43. The molecule has 3 N–H and O–H groups in total. The van der Waals surface area contributed by atoms with Gasteiger partial charge in [-0.1, -0.05) is 103 Å². The molecule has 25 heavy (non-hydrogen) atoms. The smallest absolute Gasteiger partial charge is 0.125 e. The SMILES string of the molecule is CCCCCCCCCCCCCCCCCCOCC(CO)ON. The lowest BCUT2D eigenvalue weighted by molar-refractivity contribution is -0.0442. The van der Waals surface area contributed by atoms with E-state index in [-0.39, 0.29) is 12.7 Å². The van der Waals surface area contributed by atoms with Crippen LogP contribution in [0.5, 0.6) is 0 Å². The largest absolute Gasteiger partial charge is 0.393 e. The van der Waals surface area contributed by atoms with Crippen LogP contribution in [0.1, 0.15) is 110 Å². The first-order valence-corrected chi connectivity index (χ1v) is 10.9. The Balaban J connectivity index is 3.03. The van der Waals surface area contributed by atoms with Crippen LogP contribution in [0, 0.1) is 0 Å². The number of aliphatic hydroxyl groups is 1. The molecule has 0 rings (SSSR count). The standard InChI is InChI=1S/C21H45NO3/c1-2-3-4-5-6-7-8-9-10-11-12-13-14-15-16-17-18-24-20-21(19-23)25-22/h21,23H,2-20,22H2,1H3. The quantitative estimate of drug-likeness (QED) is 0.209. The molecule has 0 bridgehead atoms. The highest BCUT2D eigenvalue weighted by Crippen LogP contribution is 2.13. The third-order valence-corrected chi connectivity index (χ3v) is 4.84. The molecule has 0 aliphatic carbocycles. The van der Waals surface area contributed by atoms with Crippen LogP contribution in [0.25, 0.3) is 0 Å². The fourth-order valence-electron chi connectivity index (χ4n) is 3.10. The average Bonchev–Trinajstić information content (AvgIpc) is 2.64. The topological polar surface area (TPSA) is 64.7 Å². The molecule has 0 amide bonds. The number of unbranched alkanes of at least 4 members (excludes halogenated alkanes) is 15. The predicted molar refractivity (Wildman–Crippen MR) is 107 cm³/mol. The summed E-state index contributed by atoms with van der Waals surface area (Å²) in [5.74, 6) is 5.02. The summed E-state index contributed by atoms with van der Waals surface area (Å²) in [6.07, 6.45) is 21.6. The lowest BCUT2D eigenvalue weighted by Crippen LogP contribution is -2.27. The van der Waals surface area contributed by atoms with Crippen molar-refractivity contribution >= 4 is 0 Å². The van der Waals surface area contributed by atoms with Gasteiger partial charge in [0.1, 0.15) is 6.10 Å². The van der Waals surface area contributed by atoms with Gasteiger partial charge in [0.25, 0.3) is 0 Å². The molecule has 0 heterocycles. The van der Waals surface area contributed by atoms with Gasteiger partial charge < -0.3 is 9.84 Å². The zero-order chi connectivity index (χ0) is 18.4. The van der Waals surface area contributed by atoms with E-state index in [0.717, 1.165) is 13.0 Å². The summed E-state index contributed by atoms with van der Waals surface area (Å²) in [7, 11) is 0. The lowest BCUT2D eigenvalue weighted by atomic mass is 10.0. The zero-order valence-corrected chi connectivity index (χ0v) is 16.9. The van der Waals surface area contributed by atoms with Crippen LogP contribution in [-0.4, -0.2) is 31.0 Å². The average molecular weight is 360 g/mol. The van der Waals surface area contributed by atoms with Gasteiger partial charge in [-0.15, -0.1) is 0 Å². The predicted octanol–water partition coefficient (Wildman–Crippen LogP) is 5.52. The second kappa shape index (κ2) is 21.9. The van der Waals surface area contributed by atoms with Gasteiger partial charge in [0.05, 0.1) is 13.2 Å². The molecule has 0 aliphatic rings. The minimum Gasteiger partial charge on any atom is -0.393 e. The highest BCUT2D eigenvalue weighted by Gasteiger charge is 2.05. The van der Waals surface area contributed by atoms with Crippen LogP contribution >= 0.6 is 0 Å². The molecule has 152 valence electrons. The molecule has 0 fully saturated rings. The molecule has 4 nitrogen and oxygen atoms in total. The number of ether oxygens (including phenoxy) is 1. The summed E-state index contributed by atoms with van der Waals surface area (Å²) in [5, 5.41) is 8.88. The van der Waals surface area contributed by atoms with Gasteiger partial charge in [-0.3, -0.25) is 4.84 Å². The monoisotopic (exact) mass is 359 g/mol. The van der Waals surface area contributed by atoms with E-state index in [9.17, 15) is 0 Å². The number of hydrogen-bond acceptors (Lipinski definition) is 4. The van der Waals surface area contributed by atoms with Crippen molar-refractivity contribution in [1.29, 1.82) is 0 Å². The lowest BCUT2D eigenvalue weighted by Gasteiger charge is -2.11. The Morgan fingerprint density at radius 1 is 0.680 bits per heavy atom. The fourth-order valence-corrected chi connectivity index (χ4v) is 3.10. The van der Waals surface area contributed by atoms with Gasteiger partial charge in [-0.2, -0.15) is 0 Å². The molecule has 1 unspecified atom stereocenters. The fraction of sp³-hybridized carbons (Fsp3) is 1.00. The van der Waals surface area contributed by atoms with Crippen molar-refractivity contribution < 1.29 is 14.7 Å². The van der Waals surface area contributed by atoms with Crippen LogP contribution < -0.4 is 5.90 Å². The van der Waals surface area contributed by atoms with E-state index in [2.05, 4.69) is 11.8 Å². The number of rotatable bonds is 21. The van der Waals surface area contributed by atoms with E-state index >= 15 is 0 Å². The molecular formula is C21H45NO3. The molecule has 4 heteroatoms. The Kier molecular flexibility index (Phi) is 21.7. The Morgan fingerprint density at radius 3 is 1.44 bits per heavy atom. The second-order valence-electron chi connectivity index (χ2n) is 7.32. The Bertz CT molecular complexity index is 235. The molecule has 0 aromatic carbocycles. The normalized spacial score (nSPS) is 12.6. The van der Waals surface area contributed by atoms with E-state index in [1.54, 1.807) is 0 Å². The van der Waals surface area contributed by atoms with Crippen molar-refractivity contribution in [3.8, 4) is 0 Å². The second-order valence-corrected chi connectivity index (χ2v) is 7.32. The van der Waals surface area contributed by atoms with Crippen molar-refractivity contribution in [1.82, 2.24) is 0 Å². The molecule has 1 atom stereocenters. The Labute approximate surface area is 156 Å². The summed E-state index contributed by atoms with van der Waals surface area (Å²) in [5.41, 5.74) is 0. The molecule has 0 spiro atoms.